The van der Waals surface area contributed by atoms with E-state index >= 15 is 0 Å². The van der Waals surface area contributed by atoms with E-state index in [9.17, 15) is 4.79 Å². The molecule has 0 aliphatic carbocycles. The summed E-state index contributed by atoms with van der Waals surface area (Å²) in [6.07, 6.45) is 7.42. The molecule has 1 unspecified atom stereocenters. The lowest BCUT2D eigenvalue weighted by Crippen LogP contribution is -2.20. The van der Waals surface area contributed by atoms with Crippen LogP contribution in [-0.2, 0) is 11.2 Å². The molecule has 0 aromatic carbocycles. The van der Waals surface area contributed by atoms with Crippen LogP contribution in [0.1, 0.15) is 31.9 Å². The third-order valence-corrected chi connectivity index (χ3v) is 3.77. The summed E-state index contributed by atoms with van der Waals surface area (Å²) >= 11 is 0. The van der Waals surface area contributed by atoms with Gasteiger partial charge in [0, 0.05) is 23.4 Å². The number of pyridine rings is 1. The molecule has 2 aromatic heterocycles. The molecule has 5 heteroatoms. The number of aryl methyl sites for hydroxylation is 1. The minimum absolute atomic E-state index is 0.0171. The van der Waals surface area contributed by atoms with E-state index in [4.69, 9.17) is 0 Å². The van der Waals surface area contributed by atoms with Crippen LogP contribution < -0.4 is 5.32 Å². The topological polar surface area (TPSA) is 70.7 Å². The Morgan fingerprint density at radius 2 is 2.25 bits per heavy atom. The molecular weight excluding hydrogens is 252 g/mol. The average molecular weight is 270 g/mol. The van der Waals surface area contributed by atoms with Crippen LogP contribution >= 0.6 is 0 Å². The normalized spacial score (nSPS) is 19.4. The zero-order chi connectivity index (χ0) is 13.9. The first-order valence-corrected chi connectivity index (χ1v) is 7.03. The Bertz CT molecular complexity index is 620. The molecule has 0 fully saturated rings. The Balaban J connectivity index is 2.01. The summed E-state index contributed by atoms with van der Waals surface area (Å²) in [7, 11) is 0. The lowest BCUT2D eigenvalue weighted by Gasteiger charge is -2.14. The highest BCUT2D eigenvalue weighted by atomic mass is 16.1. The molecular formula is C15H18N4O. The van der Waals surface area contributed by atoms with Crippen molar-refractivity contribution in [3.05, 3.63) is 30.2 Å². The quantitative estimate of drug-likeness (QED) is 0.773. The molecule has 104 valence electrons. The van der Waals surface area contributed by atoms with Crippen molar-refractivity contribution in [2.75, 3.05) is 5.32 Å². The maximum atomic E-state index is 12.2. The van der Waals surface area contributed by atoms with E-state index in [1.54, 1.807) is 6.20 Å². The summed E-state index contributed by atoms with van der Waals surface area (Å²) in [5.74, 6) is 0.0750. The van der Waals surface area contributed by atoms with Gasteiger partial charge in [-0.05, 0) is 31.4 Å². The summed E-state index contributed by atoms with van der Waals surface area (Å²) in [6.45, 7) is 1.97. The maximum Gasteiger partial charge on any atom is 0.227 e. The summed E-state index contributed by atoms with van der Waals surface area (Å²) in [5.41, 5.74) is 3.67. The molecule has 1 aliphatic heterocycles. The van der Waals surface area contributed by atoms with Gasteiger partial charge in [0.2, 0.25) is 5.91 Å². The average Bonchev–Trinajstić information content (AvgIpc) is 2.91. The highest BCUT2D eigenvalue weighted by molar-refractivity contribution is 5.95. The van der Waals surface area contributed by atoms with Crippen molar-refractivity contribution in [3.8, 4) is 11.3 Å². The summed E-state index contributed by atoms with van der Waals surface area (Å²) in [4.78, 5) is 16.6. The van der Waals surface area contributed by atoms with Crippen molar-refractivity contribution in [1.82, 2.24) is 15.2 Å². The predicted molar refractivity (Wildman–Crippen MR) is 77.2 cm³/mol. The molecule has 2 bridgehead atoms. The number of anilines is 1. The van der Waals surface area contributed by atoms with Gasteiger partial charge < -0.3 is 5.32 Å². The standard InChI is InChI=1S/C15H18N4O/c1-10-4-2-3-5-12-8-11(6-7-16-12)14-13(9-17-19-14)18-15(10)20/h6-10H,2-5H2,1H3,(H,17,19)(H,18,20). The van der Waals surface area contributed by atoms with Crippen molar-refractivity contribution in [2.24, 2.45) is 5.92 Å². The molecule has 3 heterocycles. The molecule has 0 radical (unpaired) electrons. The molecule has 1 atom stereocenters. The Morgan fingerprint density at radius 3 is 3.15 bits per heavy atom. The van der Waals surface area contributed by atoms with Gasteiger partial charge in [0.1, 0.15) is 0 Å². The van der Waals surface area contributed by atoms with Crippen LogP contribution in [0.2, 0.25) is 0 Å². The Morgan fingerprint density at radius 1 is 1.35 bits per heavy atom. The molecule has 0 spiro atoms. The van der Waals surface area contributed by atoms with E-state index in [0.29, 0.717) is 0 Å². The van der Waals surface area contributed by atoms with Crippen molar-refractivity contribution in [3.63, 3.8) is 0 Å². The molecule has 3 rings (SSSR count). The summed E-state index contributed by atoms with van der Waals surface area (Å²) in [6, 6.07) is 4.00. The van der Waals surface area contributed by atoms with Crippen molar-refractivity contribution in [2.45, 2.75) is 32.6 Å². The Kier molecular flexibility index (Phi) is 3.50. The first kappa shape index (κ1) is 12.8. The van der Waals surface area contributed by atoms with E-state index in [1.807, 2.05) is 19.2 Å². The van der Waals surface area contributed by atoms with Crippen molar-refractivity contribution >= 4 is 11.6 Å². The van der Waals surface area contributed by atoms with Gasteiger partial charge in [-0.1, -0.05) is 13.3 Å². The fourth-order valence-electron chi connectivity index (χ4n) is 2.52. The van der Waals surface area contributed by atoms with Gasteiger partial charge in [-0.3, -0.25) is 14.9 Å². The number of aromatic nitrogens is 3. The van der Waals surface area contributed by atoms with Crippen LogP contribution in [0, 0.1) is 5.92 Å². The lowest BCUT2D eigenvalue weighted by atomic mass is 10.00. The molecule has 1 aliphatic rings. The minimum Gasteiger partial charge on any atom is -0.323 e. The number of nitrogens with zero attached hydrogens (tertiary/aromatic N) is 2. The van der Waals surface area contributed by atoms with E-state index in [0.717, 1.165) is 48.3 Å². The number of rotatable bonds is 0. The van der Waals surface area contributed by atoms with Gasteiger partial charge in [-0.2, -0.15) is 5.10 Å². The summed E-state index contributed by atoms with van der Waals surface area (Å²) in [5, 5.41) is 9.97. The van der Waals surface area contributed by atoms with Gasteiger partial charge in [0.25, 0.3) is 0 Å². The SMILES string of the molecule is CC1CCCCc2cc(ccn2)-c2[nH]ncc2NC1=O. The first-order chi connectivity index (χ1) is 9.74. The maximum absolute atomic E-state index is 12.2. The zero-order valence-corrected chi connectivity index (χ0v) is 11.5. The molecule has 5 nitrogen and oxygen atoms in total. The third-order valence-electron chi connectivity index (χ3n) is 3.77. The third kappa shape index (κ3) is 2.57. The van der Waals surface area contributed by atoms with Gasteiger partial charge >= 0.3 is 0 Å². The molecule has 20 heavy (non-hydrogen) atoms. The van der Waals surface area contributed by atoms with Gasteiger partial charge in [-0.15, -0.1) is 0 Å². The molecule has 2 aromatic rings. The van der Waals surface area contributed by atoms with Crippen LogP contribution in [0.3, 0.4) is 0 Å². The summed E-state index contributed by atoms with van der Waals surface area (Å²) < 4.78 is 0. The number of hydrogen-bond donors (Lipinski definition) is 2. The second kappa shape index (κ2) is 5.45. The Hall–Kier alpha value is -2.17. The van der Waals surface area contributed by atoms with E-state index in [-0.39, 0.29) is 11.8 Å². The first-order valence-electron chi connectivity index (χ1n) is 7.03. The monoisotopic (exact) mass is 270 g/mol. The fraction of sp³-hybridized carbons (Fsp3) is 0.400. The predicted octanol–water partition coefficient (Wildman–Crippen LogP) is 2.77. The largest absolute Gasteiger partial charge is 0.323 e. The fourth-order valence-corrected chi connectivity index (χ4v) is 2.52. The van der Waals surface area contributed by atoms with Crippen LogP contribution in [0.4, 0.5) is 5.69 Å². The van der Waals surface area contributed by atoms with Crippen LogP contribution in [0.15, 0.2) is 24.5 Å². The number of hydrogen-bond acceptors (Lipinski definition) is 3. The van der Waals surface area contributed by atoms with Gasteiger partial charge in [-0.25, -0.2) is 0 Å². The number of fused-ring (bicyclic) bond motifs is 4. The number of amides is 1. The lowest BCUT2D eigenvalue weighted by molar-refractivity contribution is -0.119. The van der Waals surface area contributed by atoms with E-state index in [2.05, 4.69) is 26.6 Å². The second-order valence-corrected chi connectivity index (χ2v) is 5.33. The van der Waals surface area contributed by atoms with Crippen LogP contribution in [0.25, 0.3) is 11.3 Å². The number of carbonyl (C=O) groups excluding carboxylic acids is 1. The number of H-pyrrole nitrogens is 1. The Labute approximate surface area is 117 Å². The van der Waals surface area contributed by atoms with E-state index < -0.39 is 0 Å². The van der Waals surface area contributed by atoms with Crippen molar-refractivity contribution < 1.29 is 4.79 Å². The van der Waals surface area contributed by atoms with Crippen LogP contribution in [0.5, 0.6) is 0 Å². The highest BCUT2D eigenvalue weighted by Crippen LogP contribution is 2.27. The van der Waals surface area contributed by atoms with Crippen molar-refractivity contribution in [1.29, 1.82) is 0 Å². The molecule has 0 saturated carbocycles. The smallest absolute Gasteiger partial charge is 0.227 e. The number of carbonyl (C=O) groups is 1. The van der Waals surface area contributed by atoms with Gasteiger partial charge in [0.05, 0.1) is 17.6 Å². The number of aromatic amines is 1. The molecule has 0 saturated heterocycles. The molecule has 2 N–H and O–H groups in total. The zero-order valence-electron chi connectivity index (χ0n) is 11.5. The number of nitrogens with one attached hydrogen (secondary N) is 2. The highest BCUT2D eigenvalue weighted by Gasteiger charge is 2.17. The van der Waals surface area contributed by atoms with Crippen LogP contribution in [-0.4, -0.2) is 21.1 Å². The van der Waals surface area contributed by atoms with E-state index in [1.165, 1.54) is 0 Å². The molecule has 1 amide bonds. The second-order valence-electron chi connectivity index (χ2n) is 5.33. The van der Waals surface area contributed by atoms with Gasteiger partial charge in [0.15, 0.2) is 0 Å². The minimum atomic E-state index is 0.0171.